The summed E-state index contributed by atoms with van der Waals surface area (Å²) in [6.07, 6.45) is 11.1. The van der Waals surface area contributed by atoms with Crippen LogP contribution in [0.25, 0.3) is 11.1 Å². The van der Waals surface area contributed by atoms with Crippen LogP contribution in [0.3, 0.4) is 0 Å². The molecule has 3 aromatic rings. The van der Waals surface area contributed by atoms with Gasteiger partial charge >= 0.3 is 0 Å². The summed E-state index contributed by atoms with van der Waals surface area (Å²) < 4.78 is 0. The molecule has 0 saturated carbocycles. The molecule has 3 aromatic carbocycles. The lowest BCUT2D eigenvalue weighted by Crippen LogP contribution is -2.27. The minimum absolute atomic E-state index is 0.0621. The zero-order valence-corrected chi connectivity index (χ0v) is 22.9. The molecule has 0 bridgehead atoms. The Balaban J connectivity index is 1.72. The van der Waals surface area contributed by atoms with Gasteiger partial charge in [-0.05, 0) is 46.2 Å². The topological polar surface area (TPSA) is 23.6 Å². The molecule has 0 saturated heterocycles. The molecule has 3 aliphatic rings. The fourth-order valence-electron chi connectivity index (χ4n) is 6.47. The second-order valence-corrected chi connectivity index (χ2v) is 11.0. The first-order chi connectivity index (χ1) is 19.2. The molecule has 3 nitrogen and oxygen atoms in total. The van der Waals surface area contributed by atoms with Crippen LogP contribution in [0.2, 0.25) is 0 Å². The molecule has 0 fully saturated rings. The average Bonchev–Trinajstić information content (AvgIpc) is 3.45. The van der Waals surface area contributed by atoms with Crippen LogP contribution < -0.4 is 9.80 Å². The van der Waals surface area contributed by atoms with Gasteiger partial charge in [-0.25, -0.2) is 0 Å². The predicted octanol–water partition coefficient (Wildman–Crippen LogP) is 6.48. The van der Waals surface area contributed by atoms with E-state index in [9.17, 15) is 4.79 Å². The van der Waals surface area contributed by atoms with Gasteiger partial charge in [0, 0.05) is 34.8 Å². The summed E-state index contributed by atoms with van der Waals surface area (Å²) in [6, 6.07) is 30.5. The fraction of sp³-hybridized carbons (Fsp3) is 0.162. The SMILES string of the molecule is C#CC#CN1/C(=C2/C(=O)/C(=C3/N(C#CC#C)c4ccccc4C3(C)C)c3ccccc32)C(C)(C)c2ccccc21. The molecule has 3 heteroatoms. The molecule has 0 aromatic heterocycles. The van der Waals surface area contributed by atoms with E-state index < -0.39 is 10.8 Å². The van der Waals surface area contributed by atoms with Gasteiger partial charge in [-0.3, -0.25) is 14.6 Å². The number of carbonyl (C=O) groups excluding carboxylic acids is 1. The highest BCUT2D eigenvalue weighted by molar-refractivity contribution is 6.49. The monoisotopic (exact) mass is 514 g/mol. The van der Waals surface area contributed by atoms with Gasteiger partial charge in [0.2, 0.25) is 0 Å². The minimum Gasteiger partial charge on any atom is -0.288 e. The standard InChI is InChI=1S/C37H26N2O/c1-7-9-23-38-29-21-15-13-19-27(29)36(3,4)34(38)31-25-17-11-12-18-26(25)32(33(31)40)35-37(5,6)28-20-14-16-22-30(28)39(35)24-10-8-2/h1-2,11-22H,3-6H3/b34-31+,35-32+. The number of hydrogen-bond acceptors (Lipinski definition) is 3. The molecule has 6 rings (SSSR count). The Hall–Kier alpha value is -5.35. The van der Waals surface area contributed by atoms with Crippen molar-refractivity contribution < 1.29 is 4.79 Å². The highest BCUT2D eigenvalue weighted by atomic mass is 16.1. The van der Waals surface area contributed by atoms with E-state index in [1.165, 1.54) is 0 Å². The lowest BCUT2D eigenvalue weighted by molar-refractivity contribution is -0.108. The molecule has 40 heavy (non-hydrogen) atoms. The maximum absolute atomic E-state index is 14.9. The Morgan fingerprint density at radius 2 is 0.975 bits per heavy atom. The number of nitrogens with zero attached hydrogens (tertiary/aromatic N) is 2. The van der Waals surface area contributed by atoms with Crippen molar-refractivity contribution in [2.24, 2.45) is 0 Å². The van der Waals surface area contributed by atoms with Crippen molar-refractivity contribution in [3.05, 3.63) is 106 Å². The van der Waals surface area contributed by atoms with Gasteiger partial charge in [0.15, 0.2) is 5.78 Å². The number of allylic oxidation sites excluding steroid dienone is 4. The van der Waals surface area contributed by atoms with Crippen LogP contribution in [0.1, 0.15) is 49.9 Å². The summed E-state index contributed by atoms with van der Waals surface area (Å²) in [5.74, 6) is 10.4. The first-order valence-electron chi connectivity index (χ1n) is 13.1. The molecule has 0 spiro atoms. The van der Waals surface area contributed by atoms with Gasteiger partial charge in [0.1, 0.15) is 0 Å². The largest absolute Gasteiger partial charge is 0.288 e. The van der Waals surface area contributed by atoms with E-state index in [0.29, 0.717) is 11.1 Å². The molecular formula is C37H26N2O. The van der Waals surface area contributed by atoms with Crippen LogP contribution in [0, 0.1) is 48.6 Å². The average molecular weight is 515 g/mol. The van der Waals surface area contributed by atoms with Crippen molar-refractivity contribution in [1.29, 1.82) is 0 Å². The van der Waals surface area contributed by atoms with Crippen molar-refractivity contribution in [1.82, 2.24) is 0 Å². The van der Waals surface area contributed by atoms with Gasteiger partial charge in [0.05, 0.1) is 33.9 Å². The number of terminal acetylenes is 2. The lowest BCUT2D eigenvalue weighted by Gasteiger charge is -2.26. The molecule has 0 radical (unpaired) electrons. The number of fused-ring (bicyclic) bond motifs is 3. The number of benzene rings is 3. The van der Waals surface area contributed by atoms with Crippen LogP contribution in [-0.2, 0) is 15.6 Å². The van der Waals surface area contributed by atoms with Crippen molar-refractivity contribution in [3.8, 4) is 48.6 Å². The van der Waals surface area contributed by atoms with E-state index in [0.717, 1.165) is 45.0 Å². The highest BCUT2D eigenvalue weighted by Crippen LogP contribution is 2.56. The van der Waals surface area contributed by atoms with Gasteiger partial charge in [-0.2, -0.15) is 0 Å². The maximum Gasteiger partial charge on any atom is 0.197 e. The summed E-state index contributed by atoms with van der Waals surface area (Å²) in [6.45, 7) is 8.53. The first kappa shape index (κ1) is 25.0. The minimum atomic E-state index is -0.505. The molecular weight excluding hydrogens is 488 g/mol. The zero-order valence-electron chi connectivity index (χ0n) is 22.9. The number of para-hydroxylation sites is 2. The summed E-state index contributed by atoms with van der Waals surface area (Å²) in [4.78, 5) is 18.7. The lowest BCUT2D eigenvalue weighted by atomic mass is 9.80. The van der Waals surface area contributed by atoms with Gasteiger partial charge < -0.3 is 0 Å². The van der Waals surface area contributed by atoms with Gasteiger partial charge in [-0.15, -0.1) is 12.8 Å². The Kier molecular flexibility index (Phi) is 5.52. The van der Waals surface area contributed by atoms with Crippen LogP contribution in [0.4, 0.5) is 11.4 Å². The summed E-state index contributed by atoms with van der Waals surface area (Å²) in [7, 11) is 0. The number of rotatable bonds is 0. The molecule has 0 amide bonds. The van der Waals surface area contributed by atoms with Gasteiger partial charge in [-0.1, -0.05) is 88.4 Å². The Labute approximate surface area is 236 Å². The Morgan fingerprint density at radius 3 is 1.38 bits per heavy atom. The zero-order chi connectivity index (χ0) is 28.2. The van der Waals surface area contributed by atoms with Crippen LogP contribution in [0.15, 0.2) is 84.2 Å². The third-order valence-electron chi connectivity index (χ3n) is 8.14. The number of ketones is 1. The van der Waals surface area contributed by atoms with E-state index in [-0.39, 0.29) is 5.78 Å². The Bertz CT molecular complexity index is 1770. The van der Waals surface area contributed by atoms with Gasteiger partial charge in [0.25, 0.3) is 0 Å². The third-order valence-corrected chi connectivity index (χ3v) is 8.14. The molecule has 2 aliphatic heterocycles. The number of hydrogen-bond donors (Lipinski definition) is 0. The van der Waals surface area contributed by atoms with Crippen molar-refractivity contribution in [3.63, 3.8) is 0 Å². The third kappa shape index (κ3) is 3.29. The summed E-state index contributed by atoms with van der Waals surface area (Å²) in [5, 5.41) is 0. The van der Waals surface area contributed by atoms with E-state index >= 15 is 0 Å². The molecule has 0 atom stereocenters. The van der Waals surface area contributed by atoms with E-state index in [1.807, 2.05) is 70.5 Å². The van der Waals surface area contributed by atoms with E-state index in [1.54, 1.807) is 0 Å². The van der Waals surface area contributed by atoms with E-state index in [4.69, 9.17) is 12.8 Å². The second kappa shape index (κ2) is 8.85. The van der Waals surface area contributed by atoms with Crippen LogP contribution in [-0.4, -0.2) is 5.78 Å². The van der Waals surface area contributed by atoms with Crippen LogP contribution in [0.5, 0.6) is 0 Å². The van der Waals surface area contributed by atoms with Crippen molar-refractivity contribution in [2.45, 2.75) is 38.5 Å². The van der Waals surface area contributed by atoms with Crippen LogP contribution >= 0.6 is 0 Å². The second-order valence-electron chi connectivity index (χ2n) is 11.0. The van der Waals surface area contributed by atoms with Crippen molar-refractivity contribution >= 4 is 28.3 Å². The number of carbonyl (C=O) groups is 1. The number of Topliss-reactive ketones (excluding diaryl/α,β-unsaturated/α-hetero) is 1. The number of anilines is 2. The van der Waals surface area contributed by atoms with E-state index in [2.05, 4.69) is 75.6 Å². The van der Waals surface area contributed by atoms with Crippen molar-refractivity contribution in [2.75, 3.05) is 9.80 Å². The molecule has 0 N–H and O–H groups in total. The quantitative estimate of drug-likeness (QED) is 0.254. The molecule has 0 unspecified atom stereocenters. The molecule has 2 heterocycles. The Morgan fingerprint density at radius 1 is 0.600 bits per heavy atom. The molecule has 190 valence electrons. The predicted molar refractivity (Wildman–Crippen MR) is 162 cm³/mol. The maximum atomic E-state index is 14.9. The fourth-order valence-corrected chi connectivity index (χ4v) is 6.47. The molecule has 1 aliphatic carbocycles. The first-order valence-corrected chi connectivity index (χ1v) is 13.1. The smallest absolute Gasteiger partial charge is 0.197 e. The normalized spacial score (nSPS) is 20.8. The summed E-state index contributed by atoms with van der Waals surface area (Å²) in [5.41, 5.74) is 7.66. The highest BCUT2D eigenvalue weighted by Gasteiger charge is 2.50. The summed E-state index contributed by atoms with van der Waals surface area (Å²) >= 11 is 0.